The van der Waals surface area contributed by atoms with Gasteiger partial charge in [0.2, 0.25) is 0 Å². The molecule has 0 fully saturated rings. The molecule has 2 rings (SSSR count). The Balaban J connectivity index is 2.36. The van der Waals surface area contributed by atoms with Crippen LogP contribution in [-0.4, -0.2) is 25.8 Å². The lowest BCUT2D eigenvalue weighted by molar-refractivity contribution is -0.136. The minimum atomic E-state index is -0.925. The van der Waals surface area contributed by atoms with Crippen molar-refractivity contribution in [2.45, 2.75) is 6.42 Å². The first-order valence-electron chi connectivity index (χ1n) is 4.53. The maximum absolute atomic E-state index is 10.6. The molecule has 0 aliphatic heterocycles. The Hall–Kier alpha value is -1.69. The number of aliphatic carboxylic acids is 1. The Kier molecular flexibility index (Phi) is 3.00. The molecule has 5 nitrogen and oxygen atoms in total. The summed E-state index contributed by atoms with van der Waals surface area (Å²) in [4.78, 5) is 14.5. The summed E-state index contributed by atoms with van der Waals surface area (Å²) in [6, 6.07) is 7.40. The van der Waals surface area contributed by atoms with Gasteiger partial charge in [-0.1, -0.05) is 15.9 Å². The molecule has 0 saturated heterocycles. The van der Waals surface area contributed by atoms with E-state index >= 15 is 0 Å². The molecule has 0 amide bonds. The number of carboxylic acid groups (broad SMARTS) is 1. The highest BCUT2D eigenvalue weighted by Crippen LogP contribution is 2.14. The number of nitrogens with zero attached hydrogens (tertiary/aromatic N) is 3. The number of benzene rings is 1. The van der Waals surface area contributed by atoms with Crippen LogP contribution in [0.3, 0.4) is 0 Å². The summed E-state index contributed by atoms with van der Waals surface area (Å²) >= 11 is 3.33. The van der Waals surface area contributed by atoms with Crippen LogP contribution in [-0.2, 0) is 11.2 Å². The summed E-state index contributed by atoms with van der Waals surface area (Å²) in [6.07, 6.45) is 1.20. The number of carboxylic acids is 1. The van der Waals surface area contributed by atoms with Gasteiger partial charge in [0.25, 0.3) is 0 Å². The molecule has 2 aromatic rings. The Bertz CT molecular complexity index is 507. The third kappa shape index (κ3) is 2.27. The Morgan fingerprint density at radius 2 is 2.06 bits per heavy atom. The van der Waals surface area contributed by atoms with Gasteiger partial charge in [-0.25, -0.2) is 9.67 Å². The molecule has 0 unspecified atom stereocenters. The first-order valence-corrected chi connectivity index (χ1v) is 5.33. The predicted molar refractivity (Wildman–Crippen MR) is 60.4 cm³/mol. The monoisotopic (exact) mass is 281 g/mol. The molecular formula is C10H8BrN3O2. The van der Waals surface area contributed by atoms with Crippen molar-refractivity contribution in [2.24, 2.45) is 0 Å². The molecule has 82 valence electrons. The number of hydrogen-bond acceptors (Lipinski definition) is 3. The van der Waals surface area contributed by atoms with Crippen LogP contribution in [0.25, 0.3) is 5.69 Å². The fourth-order valence-electron chi connectivity index (χ4n) is 1.32. The van der Waals surface area contributed by atoms with Gasteiger partial charge in [-0.15, -0.1) is 0 Å². The van der Waals surface area contributed by atoms with Crippen molar-refractivity contribution >= 4 is 21.9 Å². The van der Waals surface area contributed by atoms with Crippen LogP contribution in [0.5, 0.6) is 0 Å². The number of rotatable bonds is 3. The average Bonchev–Trinajstić information content (AvgIpc) is 2.66. The Morgan fingerprint density at radius 3 is 2.69 bits per heavy atom. The molecule has 0 spiro atoms. The molecule has 0 aliphatic rings. The van der Waals surface area contributed by atoms with Gasteiger partial charge < -0.3 is 5.11 Å². The lowest BCUT2D eigenvalue weighted by Crippen LogP contribution is -2.08. The molecule has 0 atom stereocenters. The number of aromatic nitrogens is 3. The number of carbonyl (C=O) groups is 1. The molecule has 16 heavy (non-hydrogen) atoms. The number of halogens is 1. The fraction of sp³-hybridized carbons (Fsp3) is 0.100. The van der Waals surface area contributed by atoms with E-state index in [4.69, 9.17) is 5.11 Å². The van der Waals surface area contributed by atoms with Crippen molar-refractivity contribution in [1.29, 1.82) is 0 Å². The van der Waals surface area contributed by atoms with Gasteiger partial charge >= 0.3 is 5.97 Å². The van der Waals surface area contributed by atoms with Gasteiger partial charge in [-0.05, 0) is 24.3 Å². The van der Waals surface area contributed by atoms with E-state index in [2.05, 4.69) is 26.0 Å². The van der Waals surface area contributed by atoms with E-state index in [1.807, 2.05) is 24.3 Å². The van der Waals surface area contributed by atoms with Gasteiger partial charge in [-0.2, -0.15) is 5.10 Å². The standard InChI is InChI=1S/C10H8BrN3O2/c11-7-1-3-8(4-2-7)14-9(5-10(15)16)12-6-13-14/h1-4,6H,5H2,(H,15,16). The van der Waals surface area contributed by atoms with E-state index in [-0.39, 0.29) is 6.42 Å². The second-order valence-corrected chi connectivity index (χ2v) is 4.05. The zero-order chi connectivity index (χ0) is 11.5. The molecule has 1 N–H and O–H groups in total. The van der Waals surface area contributed by atoms with Gasteiger partial charge in [0.1, 0.15) is 18.6 Å². The minimum Gasteiger partial charge on any atom is -0.481 e. The molecule has 1 aromatic heterocycles. The molecule has 1 aromatic carbocycles. The van der Waals surface area contributed by atoms with E-state index in [1.54, 1.807) is 0 Å². The summed E-state index contributed by atoms with van der Waals surface area (Å²) in [7, 11) is 0. The maximum atomic E-state index is 10.6. The third-order valence-corrected chi connectivity index (χ3v) is 2.53. The molecule has 6 heteroatoms. The van der Waals surface area contributed by atoms with E-state index in [1.165, 1.54) is 11.0 Å². The maximum Gasteiger partial charge on any atom is 0.311 e. The van der Waals surface area contributed by atoms with Gasteiger partial charge in [0, 0.05) is 4.47 Å². The van der Waals surface area contributed by atoms with Crippen molar-refractivity contribution in [3.8, 4) is 5.69 Å². The Morgan fingerprint density at radius 1 is 1.38 bits per heavy atom. The smallest absolute Gasteiger partial charge is 0.311 e. The highest BCUT2D eigenvalue weighted by Gasteiger charge is 2.09. The van der Waals surface area contributed by atoms with E-state index < -0.39 is 5.97 Å². The molecule has 0 saturated carbocycles. The molecule has 0 aliphatic carbocycles. The van der Waals surface area contributed by atoms with Crippen molar-refractivity contribution in [1.82, 2.24) is 14.8 Å². The van der Waals surface area contributed by atoms with Crippen LogP contribution >= 0.6 is 15.9 Å². The second-order valence-electron chi connectivity index (χ2n) is 3.14. The summed E-state index contributed by atoms with van der Waals surface area (Å²) in [5, 5.41) is 12.7. The molecule has 0 radical (unpaired) electrons. The summed E-state index contributed by atoms with van der Waals surface area (Å²) < 4.78 is 2.47. The Labute approximate surface area is 99.9 Å². The lowest BCUT2D eigenvalue weighted by atomic mass is 10.3. The van der Waals surface area contributed by atoms with E-state index in [0.29, 0.717) is 5.82 Å². The third-order valence-electron chi connectivity index (χ3n) is 2.00. The quantitative estimate of drug-likeness (QED) is 0.929. The van der Waals surface area contributed by atoms with Crippen molar-refractivity contribution in [2.75, 3.05) is 0 Å². The molecule has 1 heterocycles. The topological polar surface area (TPSA) is 68.0 Å². The van der Waals surface area contributed by atoms with Crippen LogP contribution in [0.2, 0.25) is 0 Å². The predicted octanol–water partition coefficient (Wildman–Crippen LogP) is 1.66. The van der Waals surface area contributed by atoms with Crippen molar-refractivity contribution < 1.29 is 9.90 Å². The SMILES string of the molecule is O=C(O)Cc1ncnn1-c1ccc(Br)cc1. The lowest BCUT2D eigenvalue weighted by Gasteiger charge is -2.04. The zero-order valence-electron chi connectivity index (χ0n) is 8.17. The van der Waals surface area contributed by atoms with Crippen LogP contribution in [0, 0.1) is 0 Å². The van der Waals surface area contributed by atoms with Crippen LogP contribution in [0.4, 0.5) is 0 Å². The minimum absolute atomic E-state index is 0.143. The first-order chi connectivity index (χ1) is 7.66. The van der Waals surface area contributed by atoms with Crippen molar-refractivity contribution in [3.63, 3.8) is 0 Å². The highest BCUT2D eigenvalue weighted by molar-refractivity contribution is 9.10. The summed E-state index contributed by atoms with van der Waals surface area (Å²) in [6.45, 7) is 0. The average molecular weight is 282 g/mol. The second kappa shape index (κ2) is 4.44. The molecular weight excluding hydrogens is 274 g/mol. The van der Waals surface area contributed by atoms with E-state index in [0.717, 1.165) is 10.2 Å². The van der Waals surface area contributed by atoms with Crippen LogP contribution in [0.1, 0.15) is 5.82 Å². The summed E-state index contributed by atoms with van der Waals surface area (Å²) in [5.74, 6) is -0.513. The van der Waals surface area contributed by atoms with Gasteiger partial charge in [0.15, 0.2) is 0 Å². The largest absolute Gasteiger partial charge is 0.481 e. The zero-order valence-corrected chi connectivity index (χ0v) is 9.75. The van der Waals surface area contributed by atoms with Gasteiger partial charge in [-0.3, -0.25) is 4.79 Å². The number of hydrogen-bond donors (Lipinski definition) is 1. The van der Waals surface area contributed by atoms with Crippen LogP contribution in [0.15, 0.2) is 35.1 Å². The van der Waals surface area contributed by atoms with E-state index in [9.17, 15) is 4.79 Å². The highest BCUT2D eigenvalue weighted by atomic mass is 79.9. The van der Waals surface area contributed by atoms with Crippen LogP contribution < -0.4 is 0 Å². The molecule has 0 bridgehead atoms. The van der Waals surface area contributed by atoms with Crippen molar-refractivity contribution in [3.05, 3.63) is 40.9 Å². The first kappa shape index (κ1) is 10.8. The summed E-state index contributed by atoms with van der Waals surface area (Å²) in [5.41, 5.74) is 0.789. The van der Waals surface area contributed by atoms with Gasteiger partial charge in [0.05, 0.1) is 5.69 Å². The normalized spacial score (nSPS) is 10.3. The fourth-order valence-corrected chi connectivity index (χ4v) is 1.58.